The van der Waals surface area contributed by atoms with Gasteiger partial charge in [0.15, 0.2) is 0 Å². The molecule has 17 heavy (non-hydrogen) atoms. The summed E-state index contributed by atoms with van der Waals surface area (Å²) >= 11 is 6.13. The summed E-state index contributed by atoms with van der Waals surface area (Å²) in [5, 5.41) is 0.570. The van der Waals surface area contributed by atoms with Gasteiger partial charge in [-0.1, -0.05) is 30.7 Å². The molecule has 1 amide bonds. The highest BCUT2D eigenvalue weighted by Crippen LogP contribution is 2.29. The summed E-state index contributed by atoms with van der Waals surface area (Å²) in [7, 11) is 0. The molecule has 1 aromatic carbocycles. The molecule has 0 radical (unpaired) electrons. The number of aryl methyl sites for hydroxylation is 1. The summed E-state index contributed by atoms with van der Waals surface area (Å²) < 4.78 is 5.42. The third kappa shape index (κ3) is 3.72. The fourth-order valence-electron chi connectivity index (χ4n) is 1.58. The van der Waals surface area contributed by atoms with Gasteiger partial charge in [-0.3, -0.25) is 9.69 Å². The molecule has 0 aromatic heterocycles. The minimum atomic E-state index is -0.0719. The van der Waals surface area contributed by atoms with Crippen LogP contribution in [-0.4, -0.2) is 19.2 Å². The van der Waals surface area contributed by atoms with Crippen molar-refractivity contribution in [1.82, 2.24) is 0 Å². The first kappa shape index (κ1) is 14.0. The van der Waals surface area contributed by atoms with Crippen molar-refractivity contribution in [2.75, 3.05) is 18.2 Å². The van der Waals surface area contributed by atoms with E-state index in [0.29, 0.717) is 11.6 Å². The maximum Gasteiger partial charge on any atom is 0.225 e. The molecule has 0 atom stereocenters. The standard InChI is InChI=1S/C13H18ClNO2/c1-4-8-17-9-15(11(3)16)13-10(2)6-5-7-12(13)14/h5-7H,4,8-9H2,1-3H3. The van der Waals surface area contributed by atoms with Gasteiger partial charge in [0.1, 0.15) is 6.73 Å². The quantitative estimate of drug-likeness (QED) is 0.596. The zero-order valence-corrected chi connectivity index (χ0v) is 11.3. The molecule has 0 aliphatic carbocycles. The zero-order valence-electron chi connectivity index (χ0n) is 10.5. The van der Waals surface area contributed by atoms with E-state index in [-0.39, 0.29) is 12.6 Å². The first-order valence-electron chi connectivity index (χ1n) is 5.69. The summed E-state index contributed by atoms with van der Waals surface area (Å²) in [6.45, 7) is 6.34. The first-order chi connectivity index (χ1) is 8.07. The molecule has 0 heterocycles. The lowest BCUT2D eigenvalue weighted by atomic mass is 10.2. The normalized spacial score (nSPS) is 10.4. The molecular weight excluding hydrogens is 238 g/mol. The van der Waals surface area contributed by atoms with Crippen molar-refractivity contribution in [2.45, 2.75) is 27.2 Å². The van der Waals surface area contributed by atoms with E-state index in [0.717, 1.165) is 17.7 Å². The highest BCUT2D eigenvalue weighted by atomic mass is 35.5. The Bertz CT molecular complexity index is 373. The molecule has 0 N–H and O–H groups in total. The molecule has 0 fully saturated rings. The fraction of sp³-hybridized carbons (Fsp3) is 0.462. The molecule has 0 saturated heterocycles. The van der Waals surface area contributed by atoms with Crippen LogP contribution >= 0.6 is 11.6 Å². The van der Waals surface area contributed by atoms with Gasteiger partial charge in [-0.15, -0.1) is 0 Å². The second-order valence-corrected chi connectivity index (χ2v) is 4.30. The molecule has 0 spiro atoms. The molecule has 1 rings (SSSR count). The van der Waals surface area contributed by atoms with E-state index < -0.39 is 0 Å². The van der Waals surface area contributed by atoms with Crippen LogP contribution in [0.15, 0.2) is 18.2 Å². The second-order valence-electron chi connectivity index (χ2n) is 3.89. The number of hydrogen-bond donors (Lipinski definition) is 0. The summed E-state index contributed by atoms with van der Waals surface area (Å²) in [5.74, 6) is -0.0719. The number of ether oxygens (including phenoxy) is 1. The number of carbonyl (C=O) groups is 1. The number of amides is 1. The summed E-state index contributed by atoms with van der Waals surface area (Å²) in [5.41, 5.74) is 1.70. The Hall–Kier alpha value is -1.06. The van der Waals surface area contributed by atoms with E-state index in [2.05, 4.69) is 0 Å². The number of carbonyl (C=O) groups excluding carboxylic acids is 1. The SMILES string of the molecule is CCCOCN(C(C)=O)c1c(C)cccc1Cl. The molecule has 3 nitrogen and oxygen atoms in total. The van der Waals surface area contributed by atoms with Gasteiger partial charge >= 0.3 is 0 Å². The molecular formula is C13H18ClNO2. The fourth-order valence-corrected chi connectivity index (χ4v) is 1.90. The summed E-state index contributed by atoms with van der Waals surface area (Å²) in [6, 6.07) is 5.57. The third-order valence-corrected chi connectivity index (χ3v) is 2.71. The Balaban J connectivity index is 2.93. The highest BCUT2D eigenvalue weighted by Gasteiger charge is 2.16. The van der Waals surface area contributed by atoms with Crippen molar-refractivity contribution >= 4 is 23.2 Å². The molecule has 0 unspecified atom stereocenters. The predicted octanol–water partition coefficient (Wildman–Crippen LogP) is 3.39. The minimum Gasteiger partial charge on any atom is -0.361 e. The summed E-state index contributed by atoms with van der Waals surface area (Å²) in [6.07, 6.45) is 0.924. The van der Waals surface area contributed by atoms with Crippen molar-refractivity contribution in [2.24, 2.45) is 0 Å². The number of benzene rings is 1. The van der Waals surface area contributed by atoms with E-state index >= 15 is 0 Å². The maximum absolute atomic E-state index is 11.6. The van der Waals surface area contributed by atoms with Crippen LogP contribution in [0.25, 0.3) is 0 Å². The number of hydrogen-bond acceptors (Lipinski definition) is 2. The smallest absolute Gasteiger partial charge is 0.225 e. The van der Waals surface area contributed by atoms with E-state index in [1.54, 1.807) is 11.0 Å². The summed E-state index contributed by atoms with van der Waals surface area (Å²) in [4.78, 5) is 13.2. The maximum atomic E-state index is 11.6. The molecule has 0 aliphatic heterocycles. The van der Waals surface area contributed by atoms with E-state index in [1.807, 2.05) is 26.0 Å². The predicted molar refractivity (Wildman–Crippen MR) is 70.5 cm³/mol. The molecule has 1 aromatic rings. The van der Waals surface area contributed by atoms with Gasteiger partial charge in [-0.25, -0.2) is 0 Å². The van der Waals surface area contributed by atoms with E-state index in [9.17, 15) is 4.79 Å². The van der Waals surface area contributed by atoms with E-state index in [4.69, 9.17) is 16.3 Å². The van der Waals surface area contributed by atoms with Crippen molar-refractivity contribution in [3.8, 4) is 0 Å². The van der Waals surface area contributed by atoms with Crippen molar-refractivity contribution in [1.29, 1.82) is 0 Å². The molecule has 0 aliphatic rings. The van der Waals surface area contributed by atoms with Crippen LogP contribution < -0.4 is 4.90 Å². The number of anilines is 1. The third-order valence-electron chi connectivity index (χ3n) is 2.41. The molecule has 0 bridgehead atoms. The van der Waals surface area contributed by atoms with Gasteiger partial charge < -0.3 is 4.74 Å². The lowest BCUT2D eigenvalue weighted by Crippen LogP contribution is -2.32. The number of rotatable bonds is 5. The Kier molecular flexibility index (Phi) is 5.45. The Morgan fingerprint density at radius 3 is 2.71 bits per heavy atom. The number of para-hydroxylation sites is 1. The van der Waals surface area contributed by atoms with Gasteiger partial charge in [0, 0.05) is 13.5 Å². The zero-order chi connectivity index (χ0) is 12.8. The Labute approximate surface area is 107 Å². The number of halogens is 1. The second kappa shape index (κ2) is 6.62. The molecule has 0 saturated carbocycles. The molecule has 94 valence electrons. The highest BCUT2D eigenvalue weighted by molar-refractivity contribution is 6.34. The van der Waals surface area contributed by atoms with Gasteiger partial charge in [-0.2, -0.15) is 0 Å². The lowest BCUT2D eigenvalue weighted by Gasteiger charge is -2.23. The van der Waals surface area contributed by atoms with Crippen LogP contribution in [0, 0.1) is 6.92 Å². The lowest BCUT2D eigenvalue weighted by molar-refractivity contribution is -0.117. The van der Waals surface area contributed by atoms with Crippen molar-refractivity contribution in [3.63, 3.8) is 0 Å². The monoisotopic (exact) mass is 255 g/mol. The van der Waals surface area contributed by atoms with Gasteiger partial charge in [-0.05, 0) is 25.0 Å². The van der Waals surface area contributed by atoms with Gasteiger partial charge in [0.25, 0.3) is 0 Å². The van der Waals surface area contributed by atoms with Gasteiger partial charge in [0.05, 0.1) is 10.7 Å². The number of nitrogens with zero attached hydrogens (tertiary/aromatic N) is 1. The largest absolute Gasteiger partial charge is 0.361 e. The van der Waals surface area contributed by atoms with E-state index in [1.165, 1.54) is 6.92 Å². The van der Waals surface area contributed by atoms with Crippen LogP contribution in [0.2, 0.25) is 5.02 Å². The Morgan fingerprint density at radius 2 is 2.18 bits per heavy atom. The van der Waals surface area contributed by atoms with Crippen LogP contribution in [-0.2, 0) is 9.53 Å². The van der Waals surface area contributed by atoms with Crippen LogP contribution in [0.1, 0.15) is 25.8 Å². The average molecular weight is 256 g/mol. The van der Waals surface area contributed by atoms with Crippen molar-refractivity contribution < 1.29 is 9.53 Å². The van der Waals surface area contributed by atoms with Crippen LogP contribution in [0.4, 0.5) is 5.69 Å². The topological polar surface area (TPSA) is 29.5 Å². The molecule has 4 heteroatoms. The minimum absolute atomic E-state index is 0.0719. The Morgan fingerprint density at radius 1 is 1.47 bits per heavy atom. The van der Waals surface area contributed by atoms with Gasteiger partial charge in [0.2, 0.25) is 5.91 Å². The first-order valence-corrected chi connectivity index (χ1v) is 6.06. The van der Waals surface area contributed by atoms with Crippen LogP contribution in [0.3, 0.4) is 0 Å². The van der Waals surface area contributed by atoms with Crippen LogP contribution in [0.5, 0.6) is 0 Å². The average Bonchev–Trinajstić information content (AvgIpc) is 2.26. The van der Waals surface area contributed by atoms with Crippen molar-refractivity contribution in [3.05, 3.63) is 28.8 Å².